The van der Waals surface area contributed by atoms with E-state index in [1.807, 2.05) is 0 Å². The van der Waals surface area contributed by atoms with E-state index in [4.69, 9.17) is 20.3 Å². The van der Waals surface area contributed by atoms with Gasteiger partial charge in [0.25, 0.3) is 0 Å². The predicted molar refractivity (Wildman–Crippen MR) is 90.6 cm³/mol. The van der Waals surface area contributed by atoms with E-state index in [1.165, 1.54) is 14.0 Å². The number of carbonyl (C=O) groups is 4. The number of hydrogen-bond acceptors (Lipinski definition) is 9. The molecule has 0 heterocycles. The zero-order valence-electron chi connectivity index (χ0n) is 14.1. The highest BCUT2D eigenvalue weighted by atomic mass is 32.1. The van der Waals surface area contributed by atoms with Crippen molar-refractivity contribution in [1.29, 1.82) is 0 Å². The highest BCUT2D eigenvalue weighted by Gasteiger charge is 2.23. The Kier molecular flexibility index (Phi) is 11.8. The van der Waals surface area contributed by atoms with Crippen LogP contribution in [0.15, 0.2) is 0 Å². The molecule has 4 unspecified atom stereocenters. The first-order chi connectivity index (χ1) is 11.8. The summed E-state index contributed by atoms with van der Waals surface area (Å²) in [6.45, 7) is 0.964. The molecule has 0 aromatic rings. The summed E-state index contributed by atoms with van der Waals surface area (Å²) in [5.41, 5.74) is 5.62. The number of aldehydes is 1. The topological polar surface area (TPSA) is 157 Å². The lowest BCUT2D eigenvalue weighted by molar-refractivity contribution is -0.171. The molecule has 0 aromatic heterocycles. The molecule has 0 aliphatic carbocycles. The monoisotopic (exact) mass is 379 g/mol. The second kappa shape index (κ2) is 12.6. The first kappa shape index (κ1) is 23.3. The molecule has 0 saturated carbocycles. The minimum absolute atomic E-state index is 0.00954. The first-order valence-electron chi connectivity index (χ1n) is 7.54. The van der Waals surface area contributed by atoms with Crippen molar-refractivity contribution in [3.05, 3.63) is 0 Å². The number of aliphatic hydroxyl groups excluding tert-OH is 1. The molecule has 0 saturated heterocycles. The molecule has 144 valence electrons. The molecule has 2 amide bonds. The summed E-state index contributed by atoms with van der Waals surface area (Å²) in [4.78, 5) is 46.0. The van der Waals surface area contributed by atoms with Gasteiger partial charge in [0.2, 0.25) is 11.8 Å². The Morgan fingerprint density at radius 3 is 2.44 bits per heavy atom. The van der Waals surface area contributed by atoms with Gasteiger partial charge >= 0.3 is 5.97 Å². The second-order valence-electron chi connectivity index (χ2n) is 5.12. The van der Waals surface area contributed by atoms with Crippen LogP contribution in [0.1, 0.15) is 19.8 Å². The van der Waals surface area contributed by atoms with Crippen LogP contribution in [-0.4, -0.2) is 73.1 Å². The van der Waals surface area contributed by atoms with Crippen molar-refractivity contribution in [2.24, 2.45) is 5.73 Å². The summed E-state index contributed by atoms with van der Waals surface area (Å²) in [5.74, 6) is -1.91. The number of aliphatic hydroxyl groups is 1. The van der Waals surface area contributed by atoms with Gasteiger partial charge in [-0.25, -0.2) is 0 Å². The van der Waals surface area contributed by atoms with Crippen LogP contribution in [0.2, 0.25) is 0 Å². The van der Waals surface area contributed by atoms with Crippen molar-refractivity contribution in [2.45, 2.75) is 44.2 Å². The molecule has 0 bridgehead atoms. The van der Waals surface area contributed by atoms with Crippen molar-refractivity contribution in [2.75, 3.05) is 19.5 Å². The molecule has 11 heteroatoms. The number of thiol groups is 1. The van der Waals surface area contributed by atoms with E-state index in [2.05, 4.69) is 23.3 Å². The number of nitrogens with one attached hydrogen (secondary N) is 2. The fraction of sp³-hybridized carbons (Fsp3) is 0.714. The number of rotatable bonds is 12. The minimum Gasteiger partial charge on any atom is -0.435 e. The van der Waals surface area contributed by atoms with Crippen LogP contribution in [0.3, 0.4) is 0 Å². The molecule has 0 rings (SSSR count). The number of ether oxygens (including phenoxy) is 2. The van der Waals surface area contributed by atoms with E-state index in [-0.39, 0.29) is 18.6 Å². The Hall–Kier alpha value is -1.69. The van der Waals surface area contributed by atoms with Gasteiger partial charge in [0.05, 0.1) is 6.61 Å². The maximum atomic E-state index is 11.9. The molecular weight excluding hydrogens is 354 g/mol. The maximum absolute atomic E-state index is 11.9. The molecule has 25 heavy (non-hydrogen) atoms. The SMILES string of the molecule is COC(C)OC(=O)C(N)CCC(=O)NC(CS)C(=O)NC(C=O)CO. The van der Waals surface area contributed by atoms with E-state index < -0.39 is 48.8 Å². The van der Waals surface area contributed by atoms with Gasteiger partial charge < -0.3 is 35.7 Å². The normalized spacial score (nSPS) is 15.4. The molecule has 4 atom stereocenters. The van der Waals surface area contributed by atoms with Crippen LogP contribution in [0, 0.1) is 0 Å². The smallest absolute Gasteiger partial charge is 0.325 e. The van der Waals surface area contributed by atoms with E-state index in [0.29, 0.717) is 6.29 Å². The molecule has 0 aromatic carbocycles. The lowest BCUT2D eigenvalue weighted by atomic mass is 10.1. The molecule has 5 N–H and O–H groups in total. The summed E-state index contributed by atoms with van der Waals surface area (Å²) in [7, 11) is 1.37. The van der Waals surface area contributed by atoms with Crippen LogP contribution < -0.4 is 16.4 Å². The van der Waals surface area contributed by atoms with Crippen LogP contribution in [0.25, 0.3) is 0 Å². The molecule has 10 nitrogen and oxygen atoms in total. The molecule has 0 aliphatic heterocycles. The van der Waals surface area contributed by atoms with Crippen LogP contribution in [0.5, 0.6) is 0 Å². The van der Waals surface area contributed by atoms with Crippen LogP contribution in [-0.2, 0) is 28.7 Å². The van der Waals surface area contributed by atoms with Gasteiger partial charge in [-0.1, -0.05) is 0 Å². The van der Waals surface area contributed by atoms with Gasteiger partial charge in [0.15, 0.2) is 6.29 Å². The number of hydrogen-bond donors (Lipinski definition) is 5. The zero-order chi connectivity index (χ0) is 19.4. The second-order valence-corrected chi connectivity index (χ2v) is 5.49. The summed E-state index contributed by atoms with van der Waals surface area (Å²) in [5, 5.41) is 13.5. The fourth-order valence-electron chi connectivity index (χ4n) is 1.57. The van der Waals surface area contributed by atoms with Gasteiger partial charge in [0.1, 0.15) is 24.4 Å². The summed E-state index contributed by atoms with van der Waals surface area (Å²) in [6.07, 6.45) is -0.482. The molecular formula is C14H25N3O7S. The van der Waals surface area contributed by atoms with Crippen molar-refractivity contribution in [1.82, 2.24) is 10.6 Å². The number of nitrogens with two attached hydrogens (primary N) is 1. The van der Waals surface area contributed by atoms with Crippen LogP contribution >= 0.6 is 12.6 Å². The van der Waals surface area contributed by atoms with E-state index >= 15 is 0 Å². The Balaban J connectivity index is 4.39. The lowest BCUT2D eigenvalue weighted by Crippen LogP contribution is -2.52. The summed E-state index contributed by atoms with van der Waals surface area (Å²) in [6, 6.07) is -3.07. The minimum atomic E-state index is -1.06. The third-order valence-electron chi connectivity index (χ3n) is 3.12. The molecule has 0 aliphatic rings. The standard InChI is InChI=1S/C14H25N3O7S/c1-8(23-2)24-14(22)10(15)3-4-12(20)17-11(7-25)13(21)16-9(5-18)6-19/h5,8-11,19,25H,3-4,6-7,15H2,1-2H3,(H,16,21)(H,17,20). The van der Waals surface area contributed by atoms with E-state index in [0.717, 1.165) is 0 Å². The van der Waals surface area contributed by atoms with Gasteiger partial charge in [-0.05, 0) is 13.3 Å². The lowest BCUT2D eigenvalue weighted by Gasteiger charge is -2.19. The van der Waals surface area contributed by atoms with Crippen molar-refractivity contribution >= 4 is 36.7 Å². The first-order valence-corrected chi connectivity index (χ1v) is 8.17. The zero-order valence-corrected chi connectivity index (χ0v) is 15.0. The maximum Gasteiger partial charge on any atom is 0.325 e. The summed E-state index contributed by atoms with van der Waals surface area (Å²) < 4.78 is 9.62. The van der Waals surface area contributed by atoms with Gasteiger partial charge in [-0.3, -0.25) is 14.4 Å². The van der Waals surface area contributed by atoms with Gasteiger partial charge in [-0.15, -0.1) is 0 Å². The Labute approximate surface area is 151 Å². The number of amides is 2. The third-order valence-corrected chi connectivity index (χ3v) is 3.49. The molecule has 0 fully saturated rings. The number of esters is 1. The largest absolute Gasteiger partial charge is 0.435 e. The quantitative estimate of drug-likeness (QED) is 0.110. The number of methoxy groups -OCH3 is 1. The Morgan fingerprint density at radius 1 is 1.32 bits per heavy atom. The fourth-order valence-corrected chi connectivity index (χ4v) is 1.83. The average molecular weight is 379 g/mol. The summed E-state index contributed by atoms with van der Waals surface area (Å²) >= 11 is 3.96. The predicted octanol–water partition coefficient (Wildman–Crippen LogP) is -2.28. The Morgan fingerprint density at radius 2 is 1.96 bits per heavy atom. The number of carbonyl (C=O) groups excluding carboxylic acids is 4. The van der Waals surface area contributed by atoms with Gasteiger partial charge in [-0.2, -0.15) is 12.6 Å². The van der Waals surface area contributed by atoms with Crippen molar-refractivity contribution < 1.29 is 33.8 Å². The van der Waals surface area contributed by atoms with E-state index in [1.54, 1.807) is 0 Å². The van der Waals surface area contributed by atoms with Crippen LogP contribution in [0.4, 0.5) is 0 Å². The highest BCUT2D eigenvalue weighted by molar-refractivity contribution is 7.80. The van der Waals surface area contributed by atoms with E-state index in [9.17, 15) is 19.2 Å². The molecule has 0 spiro atoms. The molecule has 0 radical (unpaired) electrons. The van der Waals surface area contributed by atoms with Crippen molar-refractivity contribution in [3.63, 3.8) is 0 Å². The average Bonchev–Trinajstić information content (AvgIpc) is 2.61. The van der Waals surface area contributed by atoms with Crippen molar-refractivity contribution in [3.8, 4) is 0 Å². The third kappa shape index (κ3) is 9.39. The highest BCUT2D eigenvalue weighted by Crippen LogP contribution is 2.02. The Bertz CT molecular complexity index is 464. The van der Waals surface area contributed by atoms with Gasteiger partial charge in [0, 0.05) is 19.3 Å².